The van der Waals surface area contributed by atoms with Gasteiger partial charge in [0, 0.05) is 17.3 Å². The fraction of sp³-hybridized carbons (Fsp3) is 0.133. The topological polar surface area (TPSA) is 12.9 Å². The Morgan fingerprint density at radius 2 is 1.56 bits per heavy atom. The largest absolute Gasteiger partial charge is 0.261 e. The van der Waals surface area contributed by atoms with Crippen molar-refractivity contribution in [1.82, 2.24) is 4.98 Å². The van der Waals surface area contributed by atoms with Crippen LogP contribution in [0, 0.1) is 13.8 Å². The molecule has 0 saturated heterocycles. The van der Waals surface area contributed by atoms with Crippen molar-refractivity contribution in [3.63, 3.8) is 0 Å². The van der Waals surface area contributed by atoms with Gasteiger partial charge in [-0.2, -0.15) is 0 Å². The van der Waals surface area contributed by atoms with E-state index in [1.165, 1.54) is 27.1 Å². The number of hydrogen-bond donors (Lipinski definition) is 0. The zero-order valence-electron chi connectivity index (χ0n) is 9.49. The van der Waals surface area contributed by atoms with Crippen molar-refractivity contribution in [2.24, 2.45) is 0 Å². The minimum atomic E-state index is 1.07. The van der Waals surface area contributed by atoms with Crippen LogP contribution in [-0.4, -0.2) is 4.98 Å². The second-order valence-corrected chi connectivity index (χ2v) is 4.34. The van der Waals surface area contributed by atoms with E-state index < -0.39 is 0 Å². The highest BCUT2D eigenvalue weighted by Gasteiger charge is 2.01. The molecule has 2 aromatic carbocycles. The van der Waals surface area contributed by atoms with Crippen LogP contribution in [-0.2, 0) is 0 Å². The first-order valence-corrected chi connectivity index (χ1v) is 5.50. The zero-order chi connectivity index (χ0) is 11.1. The van der Waals surface area contributed by atoms with Crippen molar-refractivity contribution in [2.45, 2.75) is 13.8 Å². The van der Waals surface area contributed by atoms with Crippen LogP contribution < -0.4 is 0 Å². The Labute approximate surface area is 94.7 Å². The van der Waals surface area contributed by atoms with Gasteiger partial charge in [0.05, 0.1) is 0 Å². The minimum absolute atomic E-state index is 1.07. The Kier molecular flexibility index (Phi) is 1.93. The number of nitrogens with zero attached hydrogens (tertiary/aromatic N) is 1. The number of aromatic nitrogens is 1. The molecule has 0 atom stereocenters. The van der Waals surface area contributed by atoms with Gasteiger partial charge >= 0.3 is 0 Å². The van der Waals surface area contributed by atoms with Gasteiger partial charge in [0.15, 0.2) is 0 Å². The van der Waals surface area contributed by atoms with Crippen molar-refractivity contribution in [1.29, 1.82) is 0 Å². The molecule has 1 heterocycles. The van der Waals surface area contributed by atoms with Gasteiger partial charge in [-0.25, -0.2) is 0 Å². The summed E-state index contributed by atoms with van der Waals surface area (Å²) in [5, 5.41) is 5.08. The molecule has 0 saturated carbocycles. The van der Waals surface area contributed by atoms with Gasteiger partial charge in [0.25, 0.3) is 0 Å². The Hall–Kier alpha value is -1.89. The summed E-state index contributed by atoms with van der Waals surface area (Å²) in [5.41, 5.74) is 2.37. The van der Waals surface area contributed by atoms with Crippen molar-refractivity contribution in [3.05, 3.63) is 53.9 Å². The lowest BCUT2D eigenvalue weighted by molar-refractivity contribution is 1.23. The summed E-state index contributed by atoms with van der Waals surface area (Å²) in [6.07, 6.45) is 1.97. The van der Waals surface area contributed by atoms with Crippen LogP contribution >= 0.6 is 0 Å². The highest BCUT2D eigenvalue weighted by Crippen LogP contribution is 2.25. The molecule has 0 aliphatic heterocycles. The Morgan fingerprint density at radius 1 is 0.812 bits per heavy atom. The summed E-state index contributed by atoms with van der Waals surface area (Å²) in [4.78, 5) is 4.38. The maximum Gasteiger partial charge on any atom is 0.0379 e. The molecule has 16 heavy (non-hydrogen) atoms. The second kappa shape index (κ2) is 3.31. The average molecular weight is 207 g/mol. The molecule has 0 spiro atoms. The molecule has 3 aromatic rings. The van der Waals surface area contributed by atoms with Crippen LogP contribution in [0.5, 0.6) is 0 Å². The molecule has 0 unspecified atom stereocenters. The summed E-state index contributed by atoms with van der Waals surface area (Å²) in [6.45, 7) is 4.15. The van der Waals surface area contributed by atoms with Crippen LogP contribution in [0.3, 0.4) is 0 Å². The van der Waals surface area contributed by atoms with Crippen LogP contribution in [0.1, 0.15) is 11.3 Å². The third kappa shape index (κ3) is 1.36. The fourth-order valence-electron chi connectivity index (χ4n) is 2.19. The van der Waals surface area contributed by atoms with Crippen molar-refractivity contribution >= 4 is 21.5 Å². The van der Waals surface area contributed by atoms with E-state index in [2.05, 4.69) is 48.3 Å². The first-order chi connectivity index (χ1) is 7.74. The van der Waals surface area contributed by atoms with Crippen molar-refractivity contribution < 1.29 is 0 Å². The van der Waals surface area contributed by atoms with E-state index in [4.69, 9.17) is 0 Å². The van der Waals surface area contributed by atoms with E-state index in [1.807, 2.05) is 13.1 Å². The second-order valence-electron chi connectivity index (χ2n) is 4.34. The van der Waals surface area contributed by atoms with Gasteiger partial charge < -0.3 is 0 Å². The van der Waals surface area contributed by atoms with Crippen LogP contribution in [0.4, 0.5) is 0 Å². The van der Waals surface area contributed by atoms with E-state index in [0.717, 1.165) is 5.69 Å². The maximum atomic E-state index is 4.38. The first-order valence-electron chi connectivity index (χ1n) is 5.50. The molecule has 0 bridgehead atoms. The Balaban J connectivity index is 2.50. The average Bonchev–Trinajstić information content (AvgIpc) is 2.28. The number of benzene rings is 2. The number of rotatable bonds is 0. The molecule has 1 aromatic heterocycles. The third-order valence-electron chi connectivity index (χ3n) is 3.01. The van der Waals surface area contributed by atoms with Crippen molar-refractivity contribution in [2.75, 3.05) is 0 Å². The molecule has 0 radical (unpaired) electrons. The van der Waals surface area contributed by atoms with Gasteiger partial charge in [-0.1, -0.05) is 35.9 Å². The highest BCUT2D eigenvalue weighted by atomic mass is 14.7. The van der Waals surface area contributed by atoms with Gasteiger partial charge in [0.1, 0.15) is 0 Å². The molecule has 1 heteroatoms. The Morgan fingerprint density at radius 3 is 2.38 bits per heavy atom. The van der Waals surface area contributed by atoms with E-state index in [-0.39, 0.29) is 0 Å². The maximum absolute atomic E-state index is 4.38. The lowest BCUT2D eigenvalue weighted by Gasteiger charge is -2.05. The summed E-state index contributed by atoms with van der Waals surface area (Å²) < 4.78 is 0. The summed E-state index contributed by atoms with van der Waals surface area (Å²) >= 11 is 0. The molecule has 0 fully saturated rings. The predicted octanol–water partition coefficient (Wildman–Crippen LogP) is 4.00. The highest BCUT2D eigenvalue weighted by molar-refractivity contribution is 6.07. The smallest absolute Gasteiger partial charge is 0.0379 e. The van der Waals surface area contributed by atoms with Crippen LogP contribution in [0.15, 0.2) is 42.6 Å². The standard InChI is InChI=1S/C15H13N/c1-10-3-6-14-12(7-10)4-5-13-8-11(2)16-9-15(13)14/h3-9H,1-2H3. The van der Waals surface area contributed by atoms with Crippen molar-refractivity contribution in [3.8, 4) is 0 Å². The van der Waals surface area contributed by atoms with E-state index >= 15 is 0 Å². The molecule has 0 aliphatic carbocycles. The number of hydrogen-bond acceptors (Lipinski definition) is 1. The minimum Gasteiger partial charge on any atom is -0.261 e. The monoisotopic (exact) mass is 207 g/mol. The SMILES string of the molecule is Cc1ccc2c(ccc3cc(C)ncc32)c1. The molecule has 78 valence electrons. The molecule has 0 amide bonds. The normalized spacial score (nSPS) is 11.1. The predicted molar refractivity (Wildman–Crippen MR) is 68.7 cm³/mol. The van der Waals surface area contributed by atoms with Gasteiger partial charge in [0.2, 0.25) is 0 Å². The first kappa shape index (κ1) is 9.34. The van der Waals surface area contributed by atoms with Gasteiger partial charge in [-0.3, -0.25) is 4.98 Å². The van der Waals surface area contributed by atoms with Gasteiger partial charge in [-0.15, -0.1) is 0 Å². The summed E-state index contributed by atoms with van der Waals surface area (Å²) in [6, 6.07) is 13.0. The third-order valence-corrected chi connectivity index (χ3v) is 3.01. The van der Waals surface area contributed by atoms with E-state index in [9.17, 15) is 0 Å². The fourth-order valence-corrected chi connectivity index (χ4v) is 2.19. The lowest BCUT2D eigenvalue weighted by atomic mass is 10.0. The summed E-state index contributed by atoms with van der Waals surface area (Å²) in [5.74, 6) is 0. The number of aryl methyl sites for hydroxylation is 2. The quantitative estimate of drug-likeness (QED) is 0.508. The molecule has 0 N–H and O–H groups in total. The summed E-state index contributed by atoms with van der Waals surface area (Å²) in [7, 11) is 0. The number of fused-ring (bicyclic) bond motifs is 3. The van der Waals surface area contributed by atoms with Crippen LogP contribution in [0.25, 0.3) is 21.5 Å². The Bertz CT molecular complexity index is 623. The molecule has 3 rings (SSSR count). The number of pyridine rings is 1. The van der Waals surface area contributed by atoms with E-state index in [0.29, 0.717) is 0 Å². The molecular weight excluding hydrogens is 194 g/mol. The molecular formula is C15H13N. The van der Waals surface area contributed by atoms with Crippen LogP contribution in [0.2, 0.25) is 0 Å². The lowest BCUT2D eigenvalue weighted by Crippen LogP contribution is -1.83. The van der Waals surface area contributed by atoms with E-state index in [1.54, 1.807) is 0 Å². The van der Waals surface area contributed by atoms with Gasteiger partial charge in [-0.05, 0) is 36.1 Å². The molecule has 1 nitrogen and oxygen atoms in total. The zero-order valence-corrected chi connectivity index (χ0v) is 9.49. The molecule has 0 aliphatic rings.